The number of halogens is 2. The first-order valence-corrected chi connectivity index (χ1v) is 4.49. The molecule has 0 aliphatic carbocycles. The molecule has 0 aromatic heterocycles. The van der Waals surface area contributed by atoms with E-state index in [1.165, 1.54) is 13.0 Å². The van der Waals surface area contributed by atoms with Crippen molar-refractivity contribution in [1.82, 2.24) is 0 Å². The van der Waals surface area contributed by atoms with Crippen molar-refractivity contribution < 1.29 is 9.18 Å². The van der Waals surface area contributed by atoms with Gasteiger partial charge in [-0.15, -0.1) is 0 Å². The molecule has 0 radical (unpaired) electrons. The predicted octanol–water partition coefficient (Wildman–Crippen LogP) is 3.21. The van der Waals surface area contributed by atoms with Gasteiger partial charge in [0, 0.05) is 5.02 Å². The summed E-state index contributed by atoms with van der Waals surface area (Å²) in [4.78, 5) is 13.3. The summed E-state index contributed by atoms with van der Waals surface area (Å²) in [6.07, 6.45) is 0.378. The Labute approximate surface area is 86.4 Å². The molecule has 74 valence electrons. The highest BCUT2D eigenvalue weighted by atomic mass is 35.5. The summed E-state index contributed by atoms with van der Waals surface area (Å²) in [5, 5.41) is 0.422. The highest BCUT2D eigenvalue weighted by Gasteiger charge is 2.06. The molecule has 0 N–H and O–H groups in total. The fourth-order valence-corrected chi connectivity index (χ4v) is 1.31. The van der Waals surface area contributed by atoms with E-state index in [9.17, 15) is 9.18 Å². The first-order valence-electron chi connectivity index (χ1n) is 4.11. The highest BCUT2D eigenvalue weighted by molar-refractivity contribution is 6.31. The van der Waals surface area contributed by atoms with E-state index in [0.717, 1.165) is 0 Å². The third kappa shape index (κ3) is 2.66. The first kappa shape index (κ1) is 10.9. The van der Waals surface area contributed by atoms with Gasteiger partial charge in [0.1, 0.15) is 6.17 Å². The van der Waals surface area contributed by atoms with Gasteiger partial charge in [0.25, 0.3) is 0 Å². The third-order valence-electron chi connectivity index (χ3n) is 1.85. The van der Waals surface area contributed by atoms with Crippen molar-refractivity contribution >= 4 is 17.7 Å². The van der Waals surface area contributed by atoms with Crippen molar-refractivity contribution in [2.24, 2.45) is 4.99 Å². The van der Waals surface area contributed by atoms with Crippen LogP contribution in [0, 0.1) is 0 Å². The molecular formula is C10H9ClFNO. The molecule has 0 spiro atoms. The lowest BCUT2D eigenvalue weighted by Crippen LogP contribution is -1.89. The Bertz CT molecular complexity index is 372. The Morgan fingerprint density at radius 2 is 2.36 bits per heavy atom. The van der Waals surface area contributed by atoms with Crippen LogP contribution in [0.4, 0.5) is 4.39 Å². The van der Waals surface area contributed by atoms with Gasteiger partial charge in [0.15, 0.2) is 0 Å². The van der Waals surface area contributed by atoms with Crippen molar-refractivity contribution in [1.29, 1.82) is 0 Å². The minimum absolute atomic E-state index is 0.184. The van der Waals surface area contributed by atoms with Crippen LogP contribution in [0.2, 0.25) is 5.02 Å². The molecule has 1 aromatic carbocycles. The SMILES string of the molecule is CC(F)c1ccc(CN=C=O)c(Cl)c1. The minimum atomic E-state index is -1.05. The van der Waals surface area contributed by atoms with E-state index >= 15 is 0 Å². The Kier molecular flexibility index (Phi) is 3.81. The molecule has 1 rings (SSSR count). The maximum Gasteiger partial charge on any atom is 0.235 e. The number of aliphatic imine (C=N–C) groups is 1. The first-order chi connectivity index (χ1) is 6.65. The fraction of sp³-hybridized carbons (Fsp3) is 0.300. The average molecular weight is 214 g/mol. The fourth-order valence-electron chi connectivity index (χ4n) is 1.06. The summed E-state index contributed by atoms with van der Waals surface area (Å²) < 4.78 is 12.9. The summed E-state index contributed by atoms with van der Waals surface area (Å²) in [7, 11) is 0. The Balaban J connectivity index is 2.95. The van der Waals surface area contributed by atoms with Crippen LogP contribution in [0.15, 0.2) is 23.2 Å². The van der Waals surface area contributed by atoms with E-state index in [1.807, 2.05) is 0 Å². The standard InChI is InChI=1S/C10H9ClFNO/c1-7(12)8-2-3-9(5-13-6-14)10(11)4-8/h2-4,7H,5H2,1H3. The molecular weight excluding hydrogens is 205 g/mol. The molecule has 1 aromatic rings. The lowest BCUT2D eigenvalue weighted by atomic mass is 10.1. The number of alkyl halides is 1. The Hall–Kier alpha value is -1.18. The minimum Gasteiger partial charge on any atom is -0.243 e. The number of carbonyl (C=O) groups excluding carboxylic acids is 1. The summed E-state index contributed by atoms with van der Waals surface area (Å²) in [5.74, 6) is 0. The molecule has 0 aliphatic heterocycles. The van der Waals surface area contributed by atoms with Gasteiger partial charge in [-0.05, 0) is 24.1 Å². The summed E-state index contributed by atoms with van der Waals surface area (Å²) in [6.45, 7) is 1.62. The molecule has 0 amide bonds. The molecule has 14 heavy (non-hydrogen) atoms. The molecule has 0 heterocycles. The smallest absolute Gasteiger partial charge is 0.235 e. The van der Waals surface area contributed by atoms with Crippen LogP contribution in [-0.2, 0) is 11.3 Å². The van der Waals surface area contributed by atoms with Crippen LogP contribution in [0.1, 0.15) is 24.2 Å². The molecule has 0 saturated carbocycles. The zero-order valence-electron chi connectivity index (χ0n) is 7.63. The number of hydrogen-bond acceptors (Lipinski definition) is 2. The van der Waals surface area contributed by atoms with Gasteiger partial charge in [-0.1, -0.05) is 23.7 Å². The van der Waals surface area contributed by atoms with Crippen LogP contribution in [0.25, 0.3) is 0 Å². The van der Waals surface area contributed by atoms with Crippen molar-refractivity contribution in [3.8, 4) is 0 Å². The van der Waals surface area contributed by atoms with Crippen molar-refractivity contribution in [2.45, 2.75) is 19.6 Å². The van der Waals surface area contributed by atoms with Gasteiger partial charge >= 0.3 is 0 Å². The Morgan fingerprint density at radius 3 is 2.86 bits per heavy atom. The molecule has 0 bridgehead atoms. The topological polar surface area (TPSA) is 29.4 Å². The Morgan fingerprint density at radius 1 is 1.64 bits per heavy atom. The molecule has 1 unspecified atom stereocenters. The van der Waals surface area contributed by atoms with E-state index in [1.54, 1.807) is 18.2 Å². The second-order valence-corrected chi connectivity index (χ2v) is 3.28. The zero-order valence-corrected chi connectivity index (χ0v) is 8.38. The quantitative estimate of drug-likeness (QED) is 0.560. The van der Waals surface area contributed by atoms with Crippen LogP contribution in [0.5, 0.6) is 0 Å². The van der Waals surface area contributed by atoms with Crippen molar-refractivity contribution in [2.75, 3.05) is 0 Å². The number of hydrogen-bond donors (Lipinski definition) is 0. The summed E-state index contributed by atoms with van der Waals surface area (Å²) in [6, 6.07) is 4.84. The van der Waals surface area contributed by atoms with Crippen LogP contribution < -0.4 is 0 Å². The number of nitrogens with zero attached hydrogens (tertiary/aromatic N) is 1. The van der Waals surface area contributed by atoms with Crippen LogP contribution in [-0.4, -0.2) is 6.08 Å². The second kappa shape index (κ2) is 4.89. The number of isocyanates is 1. The summed E-state index contributed by atoms with van der Waals surface area (Å²) >= 11 is 5.85. The average Bonchev–Trinajstić information content (AvgIpc) is 2.15. The maximum atomic E-state index is 12.9. The highest BCUT2D eigenvalue weighted by Crippen LogP contribution is 2.24. The zero-order chi connectivity index (χ0) is 10.6. The molecule has 4 heteroatoms. The lowest BCUT2D eigenvalue weighted by Gasteiger charge is -2.05. The predicted molar refractivity (Wildman–Crippen MR) is 52.8 cm³/mol. The second-order valence-electron chi connectivity index (χ2n) is 2.87. The van der Waals surface area contributed by atoms with Crippen molar-refractivity contribution in [3.63, 3.8) is 0 Å². The van der Waals surface area contributed by atoms with Crippen molar-refractivity contribution in [3.05, 3.63) is 34.3 Å². The largest absolute Gasteiger partial charge is 0.243 e. The van der Waals surface area contributed by atoms with E-state index < -0.39 is 6.17 Å². The van der Waals surface area contributed by atoms with Crippen LogP contribution >= 0.6 is 11.6 Å². The van der Waals surface area contributed by atoms with Crippen LogP contribution in [0.3, 0.4) is 0 Å². The molecule has 2 nitrogen and oxygen atoms in total. The van der Waals surface area contributed by atoms with E-state index in [2.05, 4.69) is 4.99 Å². The lowest BCUT2D eigenvalue weighted by molar-refractivity contribution is 0.374. The van der Waals surface area contributed by atoms with E-state index in [0.29, 0.717) is 16.1 Å². The maximum absolute atomic E-state index is 12.9. The van der Waals surface area contributed by atoms with Gasteiger partial charge in [-0.2, -0.15) is 0 Å². The molecule has 0 aliphatic rings. The monoisotopic (exact) mass is 213 g/mol. The van der Waals surface area contributed by atoms with Gasteiger partial charge in [-0.3, -0.25) is 0 Å². The van der Waals surface area contributed by atoms with Gasteiger partial charge in [0.05, 0.1) is 6.54 Å². The molecule has 0 fully saturated rings. The van der Waals surface area contributed by atoms with Gasteiger partial charge in [0.2, 0.25) is 6.08 Å². The van der Waals surface area contributed by atoms with Gasteiger partial charge in [-0.25, -0.2) is 14.2 Å². The normalized spacial score (nSPS) is 11.9. The number of rotatable bonds is 3. The number of benzene rings is 1. The van der Waals surface area contributed by atoms with E-state index in [-0.39, 0.29) is 6.54 Å². The molecule has 1 atom stereocenters. The molecule has 0 saturated heterocycles. The van der Waals surface area contributed by atoms with Gasteiger partial charge < -0.3 is 0 Å². The summed E-state index contributed by atoms with van der Waals surface area (Å²) in [5.41, 5.74) is 1.22. The third-order valence-corrected chi connectivity index (χ3v) is 2.20. The van der Waals surface area contributed by atoms with E-state index in [4.69, 9.17) is 11.6 Å².